The van der Waals surface area contributed by atoms with Gasteiger partial charge in [0.1, 0.15) is 0 Å². The molecule has 0 saturated heterocycles. The molecule has 0 bridgehead atoms. The highest BCUT2D eigenvalue weighted by atomic mass is 15.3. The Hall–Kier alpha value is -0.830. The number of aromatic nitrogens is 2. The summed E-state index contributed by atoms with van der Waals surface area (Å²) in [5.41, 5.74) is 4.08. The molecular formula is C10H17N3. The Balaban J connectivity index is 2.41. The van der Waals surface area contributed by atoms with E-state index in [1.54, 1.807) is 0 Å². The third-order valence-corrected chi connectivity index (χ3v) is 2.86. The van der Waals surface area contributed by atoms with E-state index < -0.39 is 0 Å². The third kappa shape index (κ3) is 1.48. The van der Waals surface area contributed by atoms with Crippen LogP contribution in [-0.4, -0.2) is 28.3 Å². The normalized spacial score (nSPS) is 18.4. The van der Waals surface area contributed by atoms with Crippen LogP contribution in [0.4, 0.5) is 0 Å². The lowest BCUT2D eigenvalue weighted by molar-refractivity contribution is 0.331. The van der Waals surface area contributed by atoms with E-state index in [2.05, 4.69) is 31.0 Å². The molecule has 3 heteroatoms. The average Bonchev–Trinajstić information content (AvgIpc) is 2.28. The van der Waals surface area contributed by atoms with Gasteiger partial charge in [-0.25, -0.2) is 0 Å². The first-order valence-electron chi connectivity index (χ1n) is 4.88. The maximum atomic E-state index is 4.46. The molecule has 0 unspecified atom stereocenters. The highest BCUT2D eigenvalue weighted by molar-refractivity contribution is 5.26. The predicted octanol–water partition coefficient (Wildman–Crippen LogP) is 1.11. The zero-order valence-electron chi connectivity index (χ0n) is 8.67. The molecule has 0 aliphatic carbocycles. The van der Waals surface area contributed by atoms with E-state index in [9.17, 15) is 0 Å². The van der Waals surface area contributed by atoms with Crippen molar-refractivity contribution in [2.45, 2.75) is 26.3 Å². The molecular weight excluding hydrogens is 162 g/mol. The van der Waals surface area contributed by atoms with Gasteiger partial charge in [-0.1, -0.05) is 0 Å². The molecule has 0 spiro atoms. The molecule has 0 aromatic carbocycles. The third-order valence-electron chi connectivity index (χ3n) is 2.86. The second-order valence-electron chi connectivity index (χ2n) is 3.98. The number of aryl methyl sites for hydroxylation is 2. The Kier molecular flexibility index (Phi) is 2.12. The van der Waals surface area contributed by atoms with Crippen LogP contribution < -0.4 is 0 Å². The van der Waals surface area contributed by atoms with Gasteiger partial charge in [-0.2, -0.15) is 5.10 Å². The fourth-order valence-electron chi connectivity index (χ4n) is 2.13. The summed E-state index contributed by atoms with van der Waals surface area (Å²) in [5.74, 6) is 0. The summed E-state index contributed by atoms with van der Waals surface area (Å²) in [4.78, 5) is 2.38. The minimum atomic E-state index is 1.06. The van der Waals surface area contributed by atoms with Crippen LogP contribution in [-0.2, 0) is 20.0 Å². The highest BCUT2D eigenvalue weighted by Crippen LogP contribution is 2.19. The SMILES string of the molecule is Cc1nn(C)c2c1CN(C)CCC2. The van der Waals surface area contributed by atoms with Crippen LogP contribution in [0.2, 0.25) is 0 Å². The molecule has 0 amide bonds. The summed E-state index contributed by atoms with van der Waals surface area (Å²) < 4.78 is 2.05. The Morgan fingerprint density at radius 3 is 2.85 bits per heavy atom. The maximum absolute atomic E-state index is 4.46. The van der Waals surface area contributed by atoms with Gasteiger partial charge in [0.05, 0.1) is 5.69 Å². The lowest BCUT2D eigenvalue weighted by atomic mass is 10.1. The van der Waals surface area contributed by atoms with Crippen molar-refractivity contribution in [2.24, 2.45) is 7.05 Å². The zero-order chi connectivity index (χ0) is 9.42. The van der Waals surface area contributed by atoms with Gasteiger partial charge in [0.2, 0.25) is 0 Å². The summed E-state index contributed by atoms with van der Waals surface area (Å²) in [6.07, 6.45) is 2.43. The van der Waals surface area contributed by atoms with Gasteiger partial charge >= 0.3 is 0 Å². The van der Waals surface area contributed by atoms with Crippen LogP contribution in [0.1, 0.15) is 23.4 Å². The van der Waals surface area contributed by atoms with Crippen molar-refractivity contribution in [1.82, 2.24) is 14.7 Å². The average molecular weight is 179 g/mol. The molecule has 0 fully saturated rings. The molecule has 13 heavy (non-hydrogen) atoms. The molecule has 2 rings (SSSR count). The molecule has 2 heterocycles. The van der Waals surface area contributed by atoms with Gasteiger partial charge < -0.3 is 4.90 Å². The molecule has 0 radical (unpaired) electrons. The number of fused-ring (bicyclic) bond motifs is 1. The summed E-state index contributed by atoms with van der Waals surface area (Å²) in [5, 5.41) is 4.46. The number of hydrogen-bond acceptors (Lipinski definition) is 2. The smallest absolute Gasteiger partial charge is 0.0641 e. The second-order valence-corrected chi connectivity index (χ2v) is 3.98. The fraction of sp³-hybridized carbons (Fsp3) is 0.700. The van der Waals surface area contributed by atoms with Crippen LogP contribution in [0, 0.1) is 6.92 Å². The highest BCUT2D eigenvalue weighted by Gasteiger charge is 2.17. The Morgan fingerprint density at radius 1 is 1.31 bits per heavy atom. The van der Waals surface area contributed by atoms with Crippen molar-refractivity contribution in [3.05, 3.63) is 17.0 Å². The van der Waals surface area contributed by atoms with Crippen molar-refractivity contribution in [1.29, 1.82) is 0 Å². The second kappa shape index (κ2) is 3.14. The fourth-order valence-corrected chi connectivity index (χ4v) is 2.13. The quantitative estimate of drug-likeness (QED) is 0.595. The minimum absolute atomic E-state index is 1.06. The van der Waals surface area contributed by atoms with Gasteiger partial charge in [-0.15, -0.1) is 0 Å². The van der Waals surface area contributed by atoms with E-state index in [0.29, 0.717) is 0 Å². The van der Waals surface area contributed by atoms with Crippen LogP contribution in [0.3, 0.4) is 0 Å². The largest absolute Gasteiger partial charge is 0.302 e. The van der Waals surface area contributed by atoms with Crippen molar-refractivity contribution in [3.8, 4) is 0 Å². The Bertz CT molecular complexity index is 314. The predicted molar refractivity (Wildman–Crippen MR) is 52.6 cm³/mol. The molecule has 0 atom stereocenters. The van der Waals surface area contributed by atoms with E-state index in [0.717, 1.165) is 6.54 Å². The monoisotopic (exact) mass is 179 g/mol. The molecule has 1 aromatic heterocycles. The van der Waals surface area contributed by atoms with Gasteiger partial charge in [-0.05, 0) is 33.4 Å². The van der Waals surface area contributed by atoms with Crippen LogP contribution in [0.15, 0.2) is 0 Å². The lowest BCUT2D eigenvalue weighted by Gasteiger charge is -2.12. The Morgan fingerprint density at radius 2 is 2.08 bits per heavy atom. The first-order valence-corrected chi connectivity index (χ1v) is 4.88. The van der Waals surface area contributed by atoms with Gasteiger partial charge in [-0.3, -0.25) is 4.68 Å². The number of rotatable bonds is 0. The molecule has 0 N–H and O–H groups in total. The summed E-state index contributed by atoms with van der Waals surface area (Å²) >= 11 is 0. The zero-order valence-corrected chi connectivity index (χ0v) is 8.67. The van der Waals surface area contributed by atoms with E-state index in [4.69, 9.17) is 0 Å². The molecule has 72 valence electrons. The first kappa shape index (κ1) is 8.75. The van der Waals surface area contributed by atoms with E-state index in [1.165, 1.54) is 36.3 Å². The van der Waals surface area contributed by atoms with Crippen molar-refractivity contribution in [2.75, 3.05) is 13.6 Å². The van der Waals surface area contributed by atoms with Crippen molar-refractivity contribution >= 4 is 0 Å². The lowest BCUT2D eigenvalue weighted by Crippen LogP contribution is -2.17. The molecule has 0 saturated carbocycles. The summed E-state index contributed by atoms with van der Waals surface area (Å²) in [6, 6.07) is 0. The van der Waals surface area contributed by atoms with E-state index >= 15 is 0 Å². The van der Waals surface area contributed by atoms with Crippen LogP contribution in [0.25, 0.3) is 0 Å². The summed E-state index contributed by atoms with van der Waals surface area (Å²) in [7, 11) is 4.23. The molecule has 3 nitrogen and oxygen atoms in total. The summed E-state index contributed by atoms with van der Waals surface area (Å²) in [6.45, 7) is 4.38. The van der Waals surface area contributed by atoms with Crippen LogP contribution in [0.5, 0.6) is 0 Å². The first-order chi connectivity index (χ1) is 6.18. The topological polar surface area (TPSA) is 21.1 Å². The van der Waals surface area contributed by atoms with Gasteiger partial charge in [0.25, 0.3) is 0 Å². The molecule has 1 aliphatic heterocycles. The molecule has 1 aliphatic rings. The van der Waals surface area contributed by atoms with Crippen molar-refractivity contribution in [3.63, 3.8) is 0 Å². The van der Waals surface area contributed by atoms with E-state index in [1.807, 2.05) is 4.68 Å². The maximum Gasteiger partial charge on any atom is 0.0641 e. The number of nitrogens with zero attached hydrogens (tertiary/aromatic N) is 3. The van der Waals surface area contributed by atoms with Gasteiger partial charge in [0.15, 0.2) is 0 Å². The van der Waals surface area contributed by atoms with Crippen molar-refractivity contribution < 1.29 is 0 Å². The Labute approximate surface area is 79.3 Å². The van der Waals surface area contributed by atoms with Crippen LogP contribution >= 0.6 is 0 Å². The molecule has 1 aromatic rings. The number of hydrogen-bond donors (Lipinski definition) is 0. The van der Waals surface area contributed by atoms with E-state index in [-0.39, 0.29) is 0 Å². The van der Waals surface area contributed by atoms with Gasteiger partial charge in [0, 0.05) is 24.8 Å². The standard InChI is InChI=1S/C10H17N3/c1-8-9-7-12(2)6-4-5-10(9)13(3)11-8/h4-7H2,1-3H3. The minimum Gasteiger partial charge on any atom is -0.302 e.